The van der Waals surface area contributed by atoms with E-state index in [2.05, 4.69) is 49.4 Å². The van der Waals surface area contributed by atoms with E-state index in [4.69, 9.17) is 17.0 Å². The van der Waals surface area contributed by atoms with Crippen molar-refractivity contribution in [2.75, 3.05) is 0 Å². The van der Waals surface area contributed by atoms with E-state index < -0.39 is 44.3 Å². The average molecular weight is 801 g/mol. The Labute approximate surface area is 302 Å². The molecule has 7 rings (SSSR count). The molecule has 6 aromatic rings. The minimum atomic E-state index is -4.91. The summed E-state index contributed by atoms with van der Waals surface area (Å²) in [5.41, 5.74) is 2.72. The minimum Gasteiger partial charge on any atom is -0.184 e. The molecule has 0 N–H and O–H groups in total. The fraction of sp³-hybridized carbons (Fsp3) is 0.154. The second-order valence-corrected chi connectivity index (χ2v) is 16.3. The molecule has 0 unspecified atom stereocenters. The Morgan fingerprint density at radius 3 is 2.00 bits per heavy atom. The van der Waals surface area contributed by atoms with Crippen LogP contribution >= 0.6 is 17.0 Å². The number of halogens is 8. The maximum atomic E-state index is 13.6. The Kier molecular flexibility index (Phi) is 12.4. The number of alkyl halides is 6. The van der Waals surface area contributed by atoms with Crippen LogP contribution in [0.3, 0.4) is 0 Å². The first-order chi connectivity index (χ1) is 23.4. The SMILES string of the molecule is CCCCc1cc2c(-c3cc(C(F)(F)F)cc(C(F)(F)F)c3)c(-c3ccccc3)ccc2[cH-]1.[Cl][Zr+2][Cl].[c-]1cccc2c1[Si]c1ccccc1-2. The van der Waals surface area contributed by atoms with Crippen LogP contribution in [0.2, 0.25) is 0 Å². The summed E-state index contributed by atoms with van der Waals surface area (Å²) < 4.78 is 81.4. The second kappa shape index (κ2) is 16.3. The van der Waals surface area contributed by atoms with E-state index in [1.165, 1.54) is 21.5 Å². The van der Waals surface area contributed by atoms with Crippen LogP contribution in [0, 0.1) is 6.07 Å². The zero-order valence-corrected chi connectivity index (χ0v) is 31.1. The molecule has 0 saturated carbocycles. The summed E-state index contributed by atoms with van der Waals surface area (Å²) in [7, 11) is 10.7. The smallest absolute Gasteiger partial charge is 0.0920 e. The van der Waals surface area contributed by atoms with Gasteiger partial charge in [-0.05, 0) is 41.3 Å². The van der Waals surface area contributed by atoms with E-state index in [0.29, 0.717) is 16.5 Å². The van der Waals surface area contributed by atoms with Gasteiger partial charge in [0.05, 0.1) is 20.6 Å². The molecule has 0 aromatic heterocycles. The normalized spacial score (nSPS) is 11.9. The Bertz CT molecular complexity index is 1940. The molecular formula is C39H28Cl2F6SiZr. The molecule has 1 aliphatic rings. The van der Waals surface area contributed by atoms with Crippen LogP contribution in [0.25, 0.3) is 44.2 Å². The van der Waals surface area contributed by atoms with E-state index in [1.54, 1.807) is 36.4 Å². The number of aryl methyl sites for hydroxylation is 1. The van der Waals surface area contributed by atoms with Gasteiger partial charge in [0.1, 0.15) is 0 Å². The molecule has 0 spiro atoms. The van der Waals surface area contributed by atoms with Crippen molar-refractivity contribution in [3.8, 4) is 33.4 Å². The largest absolute Gasteiger partial charge is 0.184 e. The first kappa shape index (κ1) is 37.2. The predicted octanol–water partition coefficient (Wildman–Crippen LogP) is 11.8. The van der Waals surface area contributed by atoms with Crippen molar-refractivity contribution in [2.24, 2.45) is 0 Å². The maximum absolute atomic E-state index is 13.6. The summed E-state index contributed by atoms with van der Waals surface area (Å²) in [6, 6.07) is 36.4. The molecule has 49 heavy (non-hydrogen) atoms. The molecule has 0 aliphatic carbocycles. The number of rotatable bonds is 5. The summed E-state index contributed by atoms with van der Waals surface area (Å²) in [4.78, 5) is 0. The van der Waals surface area contributed by atoms with Gasteiger partial charge in [-0.15, -0.1) is 34.0 Å². The van der Waals surface area contributed by atoms with Gasteiger partial charge in [0, 0.05) is 0 Å². The molecular weight excluding hydrogens is 773 g/mol. The third-order valence-corrected chi connectivity index (χ3v) is 9.43. The molecule has 0 amide bonds. The molecule has 2 radical (unpaired) electrons. The Morgan fingerprint density at radius 2 is 1.35 bits per heavy atom. The van der Waals surface area contributed by atoms with Crippen molar-refractivity contribution in [3.63, 3.8) is 0 Å². The van der Waals surface area contributed by atoms with Crippen LogP contribution in [0.4, 0.5) is 26.3 Å². The summed E-state index contributed by atoms with van der Waals surface area (Å²) in [6.07, 6.45) is -7.10. The van der Waals surface area contributed by atoms with E-state index in [9.17, 15) is 26.3 Å². The second-order valence-electron chi connectivity index (χ2n) is 11.3. The van der Waals surface area contributed by atoms with Crippen LogP contribution in [0.5, 0.6) is 0 Å². The zero-order chi connectivity index (χ0) is 35.2. The molecule has 1 heterocycles. The summed E-state index contributed by atoms with van der Waals surface area (Å²) in [5.74, 6) is 0. The van der Waals surface area contributed by atoms with Gasteiger partial charge in [0.15, 0.2) is 0 Å². The van der Waals surface area contributed by atoms with Crippen LogP contribution in [-0.2, 0) is 39.6 Å². The summed E-state index contributed by atoms with van der Waals surface area (Å²) in [6.45, 7) is 2.06. The topological polar surface area (TPSA) is 0 Å². The van der Waals surface area contributed by atoms with Crippen molar-refractivity contribution in [1.82, 2.24) is 0 Å². The standard InChI is InChI=1S/C27H21F6.C12H7Si.2ClH.Zr/c1-2-3-7-17-12-19-10-11-23(18-8-5-4-6-9-18)25(24(19)13-17)20-14-21(26(28,29)30)16-22(15-20)27(31,32)33;1-3-7-11-9(5-1)10-6-2-4-8-12(10)13-11;;;/h4-6,8-16H,2-3,7H2,1H3;1-7H;2*1H;/q2*-1;;;+4/p-2. The van der Waals surface area contributed by atoms with E-state index >= 15 is 0 Å². The van der Waals surface area contributed by atoms with Crippen LogP contribution in [-0.4, -0.2) is 9.52 Å². The first-order valence-corrected chi connectivity index (χ1v) is 22.7. The number of hydrogen-bond acceptors (Lipinski definition) is 0. The molecule has 248 valence electrons. The first-order valence-electron chi connectivity index (χ1n) is 15.4. The molecule has 10 heteroatoms. The minimum absolute atomic E-state index is 0.103. The molecule has 0 nitrogen and oxygen atoms in total. The van der Waals surface area contributed by atoms with Crippen molar-refractivity contribution in [2.45, 2.75) is 38.5 Å². The fourth-order valence-corrected chi connectivity index (χ4v) is 7.17. The zero-order valence-electron chi connectivity index (χ0n) is 26.1. The molecule has 0 atom stereocenters. The van der Waals surface area contributed by atoms with Crippen molar-refractivity contribution >= 4 is 47.7 Å². The Morgan fingerprint density at radius 1 is 0.714 bits per heavy atom. The summed E-state index contributed by atoms with van der Waals surface area (Å²) in [5, 5.41) is 4.26. The fourth-order valence-electron chi connectivity index (χ4n) is 5.86. The van der Waals surface area contributed by atoms with Gasteiger partial charge >= 0.3 is 50.2 Å². The Hall–Kier alpha value is -3.03. The van der Waals surface area contributed by atoms with Crippen molar-refractivity contribution in [3.05, 3.63) is 138 Å². The molecule has 6 aromatic carbocycles. The van der Waals surface area contributed by atoms with Gasteiger partial charge in [-0.1, -0.05) is 96.7 Å². The number of unbranched alkanes of at least 4 members (excludes halogenated alkanes) is 1. The van der Waals surface area contributed by atoms with Crippen molar-refractivity contribution < 1.29 is 47.2 Å². The quantitative estimate of drug-likeness (QED) is 0.0924. The number of fused-ring (bicyclic) bond motifs is 4. The van der Waals surface area contributed by atoms with Crippen molar-refractivity contribution in [1.29, 1.82) is 0 Å². The third-order valence-electron chi connectivity index (χ3n) is 8.06. The third kappa shape index (κ3) is 9.02. The summed E-state index contributed by atoms with van der Waals surface area (Å²) >= 11 is -0.826. The predicted molar refractivity (Wildman–Crippen MR) is 186 cm³/mol. The van der Waals surface area contributed by atoms with Crippen LogP contribution in [0.1, 0.15) is 36.5 Å². The van der Waals surface area contributed by atoms with Gasteiger partial charge in [0.2, 0.25) is 0 Å². The van der Waals surface area contributed by atoms with Gasteiger partial charge in [-0.3, -0.25) is 0 Å². The van der Waals surface area contributed by atoms with E-state index in [-0.39, 0.29) is 11.6 Å². The van der Waals surface area contributed by atoms with Gasteiger partial charge < -0.3 is 0 Å². The molecule has 0 bridgehead atoms. The average Bonchev–Trinajstić information content (AvgIpc) is 3.68. The number of hydrogen-bond donors (Lipinski definition) is 0. The molecule has 0 fully saturated rings. The van der Waals surface area contributed by atoms with Gasteiger partial charge in [-0.25, -0.2) is 0 Å². The monoisotopic (exact) mass is 798 g/mol. The van der Waals surface area contributed by atoms with Gasteiger partial charge in [0.25, 0.3) is 0 Å². The van der Waals surface area contributed by atoms with Crippen LogP contribution < -0.4 is 10.4 Å². The maximum Gasteiger partial charge on any atom is 0.0920 e. The molecule has 0 saturated heterocycles. The number of benzene rings is 5. The van der Waals surface area contributed by atoms with E-state index in [0.717, 1.165) is 57.4 Å². The van der Waals surface area contributed by atoms with Gasteiger partial charge in [-0.2, -0.15) is 61.9 Å². The Balaban J connectivity index is 0.000000239. The molecule has 1 aliphatic heterocycles. The van der Waals surface area contributed by atoms with Crippen LogP contribution in [0.15, 0.2) is 115 Å². The van der Waals surface area contributed by atoms with E-state index in [1.807, 2.05) is 24.3 Å².